The second-order valence-corrected chi connectivity index (χ2v) is 7.93. The van der Waals surface area contributed by atoms with E-state index >= 15 is 0 Å². The van der Waals surface area contributed by atoms with Gasteiger partial charge >= 0.3 is 0 Å². The molecule has 150 valence electrons. The van der Waals surface area contributed by atoms with Crippen LogP contribution in [-0.2, 0) is 17.8 Å². The van der Waals surface area contributed by atoms with Crippen LogP contribution in [0.3, 0.4) is 0 Å². The molecule has 0 unspecified atom stereocenters. The predicted octanol–water partition coefficient (Wildman–Crippen LogP) is 3.82. The van der Waals surface area contributed by atoms with E-state index < -0.39 is 11.6 Å². The molecule has 5 nitrogen and oxygen atoms in total. The van der Waals surface area contributed by atoms with Gasteiger partial charge in [-0.25, -0.2) is 13.8 Å². The summed E-state index contributed by atoms with van der Waals surface area (Å²) in [4.78, 5) is 16.5. The first-order valence-corrected chi connectivity index (χ1v) is 9.92. The number of ether oxygens (including phenoxy) is 1. The topological polar surface area (TPSA) is 70.1 Å². The first-order valence-electron chi connectivity index (χ1n) is 9.92. The van der Waals surface area contributed by atoms with E-state index in [0.29, 0.717) is 42.6 Å². The summed E-state index contributed by atoms with van der Waals surface area (Å²) in [6.07, 6.45) is 3.35. The summed E-state index contributed by atoms with van der Waals surface area (Å²) in [6.45, 7) is 1.16. The van der Waals surface area contributed by atoms with E-state index in [1.54, 1.807) is 0 Å². The van der Waals surface area contributed by atoms with Gasteiger partial charge < -0.3 is 15.0 Å². The Bertz CT molecular complexity index is 1120. The summed E-state index contributed by atoms with van der Waals surface area (Å²) in [6, 6.07) is 7.38. The molecule has 7 heteroatoms. The number of carbonyl (C=O) groups excluding carboxylic acids is 1. The highest BCUT2D eigenvalue weighted by atomic mass is 19.1. The lowest BCUT2D eigenvalue weighted by Gasteiger charge is -2.13. The monoisotopic (exact) mass is 397 g/mol. The molecule has 29 heavy (non-hydrogen) atoms. The van der Waals surface area contributed by atoms with E-state index in [4.69, 9.17) is 10.5 Å². The minimum atomic E-state index is -0.647. The molecule has 1 atom stereocenters. The number of imidazole rings is 1. The summed E-state index contributed by atoms with van der Waals surface area (Å²) in [7, 11) is 0. The summed E-state index contributed by atoms with van der Waals surface area (Å²) >= 11 is 0. The van der Waals surface area contributed by atoms with Crippen LogP contribution < -0.4 is 10.5 Å². The third kappa shape index (κ3) is 3.24. The van der Waals surface area contributed by atoms with E-state index in [9.17, 15) is 13.6 Å². The van der Waals surface area contributed by atoms with Crippen molar-refractivity contribution in [3.8, 4) is 17.1 Å². The Morgan fingerprint density at radius 2 is 2.10 bits per heavy atom. The predicted molar refractivity (Wildman–Crippen MR) is 104 cm³/mol. The Morgan fingerprint density at radius 3 is 2.83 bits per heavy atom. The standard InChI is InChI=1S/C22H21F2N3O2/c23-14-4-5-15(17(24)11-14)22-26-18-9-12(8-16(21(25)28)13-2-3-13)10-19-20(18)27(22)6-1-7-29-19/h4-5,9-11,13,16H,1-3,6-8H2,(H2,25,28)/t16-/m0/s1. The van der Waals surface area contributed by atoms with Crippen LogP contribution in [0.1, 0.15) is 24.8 Å². The fourth-order valence-corrected chi connectivity index (χ4v) is 4.26. The van der Waals surface area contributed by atoms with Gasteiger partial charge in [-0.3, -0.25) is 4.79 Å². The molecule has 0 radical (unpaired) electrons. The molecule has 0 bridgehead atoms. The molecule has 1 fully saturated rings. The fourth-order valence-electron chi connectivity index (χ4n) is 4.26. The van der Waals surface area contributed by atoms with Crippen molar-refractivity contribution in [1.82, 2.24) is 9.55 Å². The van der Waals surface area contributed by atoms with Crippen LogP contribution >= 0.6 is 0 Å². The zero-order chi connectivity index (χ0) is 20.1. The zero-order valence-corrected chi connectivity index (χ0v) is 15.8. The zero-order valence-electron chi connectivity index (χ0n) is 15.8. The van der Waals surface area contributed by atoms with E-state index in [2.05, 4.69) is 4.98 Å². The van der Waals surface area contributed by atoms with Crippen LogP contribution in [0.15, 0.2) is 30.3 Å². The minimum absolute atomic E-state index is 0.193. The molecule has 3 aromatic rings. The molecule has 1 amide bonds. The quantitative estimate of drug-likeness (QED) is 0.712. The maximum atomic E-state index is 14.5. The van der Waals surface area contributed by atoms with Gasteiger partial charge in [0.1, 0.15) is 28.7 Å². The van der Waals surface area contributed by atoms with Crippen LogP contribution in [-0.4, -0.2) is 22.1 Å². The summed E-state index contributed by atoms with van der Waals surface area (Å²) < 4.78 is 35.7. The number of nitrogens with zero attached hydrogens (tertiary/aromatic N) is 2. The summed E-state index contributed by atoms with van der Waals surface area (Å²) in [5, 5.41) is 0. The molecule has 1 aromatic heterocycles. The van der Waals surface area contributed by atoms with Crippen LogP contribution in [0.5, 0.6) is 5.75 Å². The number of benzene rings is 2. The Labute approximate surface area is 166 Å². The maximum Gasteiger partial charge on any atom is 0.221 e. The first kappa shape index (κ1) is 18.1. The Kier molecular flexibility index (Phi) is 4.26. The number of hydrogen-bond acceptors (Lipinski definition) is 3. The second-order valence-electron chi connectivity index (χ2n) is 7.93. The summed E-state index contributed by atoms with van der Waals surface area (Å²) in [5.74, 6) is -0.261. The highest BCUT2D eigenvalue weighted by Gasteiger charge is 2.35. The third-order valence-electron chi connectivity index (χ3n) is 5.83. The van der Waals surface area contributed by atoms with Crippen molar-refractivity contribution in [2.24, 2.45) is 17.6 Å². The third-order valence-corrected chi connectivity index (χ3v) is 5.83. The van der Waals surface area contributed by atoms with E-state index in [1.807, 2.05) is 16.7 Å². The molecule has 2 aliphatic rings. The Hall–Kier alpha value is -2.96. The van der Waals surface area contributed by atoms with Gasteiger partial charge in [0.2, 0.25) is 5.91 Å². The van der Waals surface area contributed by atoms with Crippen LogP contribution in [0.4, 0.5) is 8.78 Å². The molecule has 0 spiro atoms. The van der Waals surface area contributed by atoms with E-state index in [-0.39, 0.29) is 17.4 Å². The second kappa shape index (κ2) is 6.83. The van der Waals surface area contributed by atoms with Crippen molar-refractivity contribution < 1.29 is 18.3 Å². The molecule has 5 rings (SSSR count). The van der Waals surface area contributed by atoms with Gasteiger partial charge in [0.25, 0.3) is 0 Å². The number of carbonyl (C=O) groups is 1. The van der Waals surface area contributed by atoms with Crippen LogP contribution in [0, 0.1) is 23.5 Å². The molecule has 2 N–H and O–H groups in total. The van der Waals surface area contributed by atoms with Gasteiger partial charge in [-0.05, 0) is 61.4 Å². The number of aryl methyl sites for hydroxylation is 1. The number of rotatable bonds is 5. The SMILES string of the molecule is NC(=O)[C@@H](Cc1cc2c3c(c1)nc(-c1ccc(F)cc1F)n3CCCO2)C1CC1. The molecule has 1 saturated carbocycles. The highest BCUT2D eigenvalue weighted by Crippen LogP contribution is 2.40. The number of aromatic nitrogens is 2. The van der Waals surface area contributed by atoms with Crippen LogP contribution in [0.25, 0.3) is 22.4 Å². The van der Waals surface area contributed by atoms with Gasteiger partial charge in [0.05, 0.1) is 17.7 Å². The molecule has 2 aromatic carbocycles. The number of primary amides is 1. The molecule has 1 aliphatic carbocycles. The largest absolute Gasteiger partial charge is 0.491 e. The molecular weight excluding hydrogens is 376 g/mol. The fraction of sp³-hybridized carbons (Fsp3) is 0.364. The number of nitrogens with two attached hydrogens (primary N) is 1. The van der Waals surface area contributed by atoms with Gasteiger partial charge in [0.15, 0.2) is 0 Å². The number of hydrogen-bond donors (Lipinski definition) is 1. The normalized spacial score (nSPS) is 17.0. The molecular formula is C22H21F2N3O2. The lowest BCUT2D eigenvalue weighted by atomic mass is 9.94. The maximum absolute atomic E-state index is 14.5. The smallest absolute Gasteiger partial charge is 0.221 e. The highest BCUT2D eigenvalue weighted by molar-refractivity contribution is 5.87. The van der Waals surface area contributed by atoms with Crippen molar-refractivity contribution in [3.63, 3.8) is 0 Å². The van der Waals surface area contributed by atoms with Gasteiger partial charge in [0, 0.05) is 18.5 Å². The summed E-state index contributed by atoms with van der Waals surface area (Å²) in [5.41, 5.74) is 8.28. The minimum Gasteiger partial charge on any atom is -0.491 e. The van der Waals surface area contributed by atoms with Gasteiger partial charge in [-0.15, -0.1) is 0 Å². The van der Waals surface area contributed by atoms with Gasteiger partial charge in [-0.2, -0.15) is 0 Å². The average Bonchev–Trinajstić information content (AvgIpc) is 3.46. The van der Waals surface area contributed by atoms with Crippen LogP contribution in [0.2, 0.25) is 0 Å². The Morgan fingerprint density at radius 1 is 1.28 bits per heavy atom. The Balaban J connectivity index is 1.63. The first-order chi connectivity index (χ1) is 14.0. The average molecular weight is 397 g/mol. The number of amides is 1. The van der Waals surface area contributed by atoms with Crippen molar-refractivity contribution in [1.29, 1.82) is 0 Å². The molecule has 2 heterocycles. The van der Waals surface area contributed by atoms with Crippen molar-refractivity contribution >= 4 is 16.9 Å². The molecule has 0 saturated heterocycles. The lowest BCUT2D eigenvalue weighted by Crippen LogP contribution is -2.26. The van der Waals surface area contributed by atoms with E-state index in [1.165, 1.54) is 12.1 Å². The lowest BCUT2D eigenvalue weighted by molar-refractivity contribution is -0.122. The van der Waals surface area contributed by atoms with Gasteiger partial charge in [-0.1, -0.05) is 0 Å². The van der Waals surface area contributed by atoms with E-state index in [0.717, 1.165) is 36.4 Å². The van der Waals surface area contributed by atoms with Crippen molar-refractivity contribution in [2.75, 3.05) is 6.61 Å². The molecule has 1 aliphatic heterocycles. The van der Waals surface area contributed by atoms with Crippen molar-refractivity contribution in [2.45, 2.75) is 32.2 Å². The van der Waals surface area contributed by atoms with Crippen molar-refractivity contribution in [3.05, 3.63) is 47.5 Å². The number of halogens is 2.